The van der Waals surface area contributed by atoms with Gasteiger partial charge in [0.2, 0.25) is 11.9 Å². The third-order valence-electron chi connectivity index (χ3n) is 4.64. The lowest BCUT2D eigenvalue weighted by Crippen LogP contribution is -2.24. The molecule has 4 rings (SSSR count). The van der Waals surface area contributed by atoms with Gasteiger partial charge in [-0.25, -0.2) is 4.98 Å². The van der Waals surface area contributed by atoms with Crippen LogP contribution in [0.2, 0.25) is 0 Å². The van der Waals surface area contributed by atoms with Gasteiger partial charge in [0.25, 0.3) is 5.56 Å². The monoisotopic (exact) mass is 397 g/mol. The number of fused-ring (bicyclic) bond motifs is 1. The lowest BCUT2D eigenvalue weighted by molar-refractivity contribution is -0.113. The van der Waals surface area contributed by atoms with Crippen molar-refractivity contribution in [1.82, 2.24) is 14.5 Å². The molecule has 1 amide bonds. The van der Waals surface area contributed by atoms with Crippen LogP contribution in [0.25, 0.3) is 16.7 Å². The first kappa shape index (κ1) is 19.1. The summed E-state index contributed by atoms with van der Waals surface area (Å²) in [6, 6.07) is 19.8. The van der Waals surface area contributed by atoms with Crippen LogP contribution in [0.15, 0.2) is 90.4 Å². The minimum atomic E-state index is -0.242. The first-order chi connectivity index (χ1) is 14.6. The van der Waals surface area contributed by atoms with Crippen LogP contribution in [0.1, 0.15) is 0 Å². The molecule has 30 heavy (non-hydrogen) atoms. The Kier molecular flexibility index (Phi) is 5.09. The molecule has 148 valence electrons. The number of hydrogen-bond acceptors (Lipinski definition) is 5. The van der Waals surface area contributed by atoms with Crippen LogP contribution >= 0.6 is 0 Å². The molecule has 0 bridgehead atoms. The van der Waals surface area contributed by atoms with E-state index < -0.39 is 0 Å². The summed E-state index contributed by atoms with van der Waals surface area (Å²) >= 11 is 0. The number of hydrogen-bond donors (Lipinski definition) is 1. The Morgan fingerprint density at radius 3 is 2.67 bits per heavy atom. The number of rotatable bonds is 5. The summed E-state index contributed by atoms with van der Waals surface area (Å²) in [5.74, 6) is 0.136. The number of nitrogens with zero attached hydrogens (tertiary/aromatic N) is 4. The van der Waals surface area contributed by atoms with Crippen molar-refractivity contribution >= 4 is 34.3 Å². The number of carbonyl (C=O) groups excluding carboxylic acids is 1. The first-order valence-corrected chi connectivity index (χ1v) is 9.28. The maximum absolute atomic E-state index is 12.8. The molecule has 0 fully saturated rings. The van der Waals surface area contributed by atoms with Crippen LogP contribution in [0.3, 0.4) is 0 Å². The van der Waals surface area contributed by atoms with Crippen molar-refractivity contribution in [3.63, 3.8) is 0 Å². The SMILES string of the molecule is C=CC(=O)N(C)c1cccc(-n2c(=O)ccc3cnc(Nc4ccccc4)nc32)c1. The second-order valence-corrected chi connectivity index (χ2v) is 6.59. The normalized spacial score (nSPS) is 10.6. The number of likely N-dealkylation sites (N-methyl/N-ethyl adjacent to an activating group) is 1. The molecule has 7 heteroatoms. The second kappa shape index (κ2) is 8.00. The van der Waals surface area contributed by atoms with Crippen LogP contribution in [0.5, 0.6) is 0 Å². The van der Waals surface area contributed by atoms with Gasteiger partial charge in [-0.3, -0.25) is 14.2 Å². The van der Waals surface area contributed by atoms with E-state index in [-0.39, 0.29) is 11.5 Å². The summed E-state index contributed by atoms with van der Waals surface area (Å²) in [5, 5.41) is 3.86. The summed E-state index contributed by atoms with van der Waals surface area (Å²) < 4.78 is 1.50. The Labute approximate surface area is 172 Å². The summed E-state index contributed by atoms with van der Waals surface area (Å²) in [5.41, 5.74) is 2.30. The molecular formula is C23H19N5O2. The Balaban J connectivity index is 1.83. The number of pyridine rings is 1. The van der Waals surface area contributed by atoms with Crippen molar-refractivity contribution in [3.05, 3.63) is 95.9 Å². The van der Waals surface area contributed by atoms with Gasteiger partial charge in [0.15, 0.2) is 5.65 Å². The molecule has 0 aliphatic rings. The van der Waals surface area contributed by atoms with Crippen LogP contribution in [-0.4, -0.2) is 27.5 Å². The van der Waals surface area contributed by atoms with E-state index in [2.05, 4.69) is 21.9 Å². The van der Waals surface area contributed by atoms with E-state index in [9.17, 15) is 9.59 Å². The third kappa shape index (κ3) is 3.68. The van der Waals surface area contributed by atoms with E-state index in [1.54, 1.807) is 43.6 Å². The Bertz CT molecular complexity index is 1300. The van der Waals surface area contributed by atoms with Crippen LogP contribution < -0.4 is 15.8 Å². The van der Waals surface area contributed by atoms with Crippen molar-refractivity contribution < 1.29 is 4.79 Å². The highest BCUT2D eigenvalue weighted by Crippen LogP contribution is 2.21. The Morgan fingerprint density at radius 2 is 1.90 bits per heavy atom. The van der Waals surface area contributed by atoms with Crippen molar-refractivity contribution in [2.75, 3.05) is 17.3 Å². The number of amides is 1. The van der Waals surface area contributed by atoms with Gasteiger partial charge >= 0.3 is 0 Å². The van der Waals surface area contributed by atoms with Gasteiger partial charge in [0, 0.05) is 36.1 Å². The van der Waals surface area contributed by atoms with E-state index in [1.807, 2.05) is 30.3 Å². The fourth-order valence-corrected chi connectivity index (χ4v) is 3.08. The lowest BCUT2D eigenvalue weighted by Gasteiger charge is -2.17. The maximum Gasteiger partial charge on any atom is 0.256 e. The minimum Gasteiger partial charge on any atom is -0.324 e. The van der Waals surface area contributed by atoms with E-state index >= 15 is 0 Å². The lowest BCUT2D eigenvalue weighted by atomic mass is 10.2. The van der Waals surface area contributed by atoms with Crippen molar-refractivity contribution in [2.45, 2.75) is 0 Å². The minimum absolute atomic E-state index is 0.235. The largest absolute Gasteiger partial charge is 0.324 e. The molecule has 4 aromatic rings. The number of para-hydroxylation sites is 1. The predicted molar refractivity (Wildman–Crippen MR) is 118 cm³/mol. The fourth-order valence-electron chi connectivity index (χ4n) is 3.08. The predicted octanol–water partition coefficient (Wildman–Crippen LogP) is 3.67. The van der Waals surface area contributed by atoms with E-state index in [0.717, 1.165) is 5.69 Å². The van der Waals surface area contributed by atoms with E-state index in [1.165, 1.54) is 21.6 Å². The molecular weight excluding hydrogens is 378 g/mol. The zero-order valence-corrected chi connectivity index (χ0v) is 16.3. The van der Waals surface area contributed by atoms with Crippen LogP contribution in [0.4, 0.5) is 17.3 Å². The number of aromatic nitrogens is 3. The second-order valence-electron chi connectivity index (χ2n) is 6.59. The molecule has 0 saturated heterocycles. The van der Waals surface area contributed by atoms with Gasteiger partial charge < -0.3 is 10.2 Å². The molecule has 0 atom stereocenters. The summed E-state index contributed by atoms with van der Waals surface area (Å²) in [6.45, 7) is 3.52. The van der Waals surface area contributed by atoms with Gasteiger partial charge in [-0.15, -0.1) is 0 Å². The van der Waals surface area contributed by atoms with E-state index in [0.29, 0.717) is 28.4 Å². The molecule has 0 aliphatic heterocycles. The quantitative estimate of drug-likeness (QED) is 0.520. The molecule has 2 heterocycles. The molecule has 2 aromatic heterocycles. The van der Waals surface area contributed by atoms with Gasteiger partial charge in [-0.2, -0.15) is 4.98 Å². The number of carbonyl (C=O) groups is 1. The van der Waals surface area contributed by atoms with E-state index in [4.69, 9.17) is 0 Å². The number of nitrogens with one attached hydrogen (secondary N) is 1. The average Bonchev–Trinajstić information content (AvgIpc) is 2.78. The first-order valence-electron chi connectivity index (χ1n) is 9.28. The topological polar surface area (TPSA) is 80.1 Å². The molecule has 0 unspecified atom stereocenters. The van der Waals surface area contributed by atoms with Gasteiger partial charge in [0.1, 0.15) is 0 Å². The highest BCUT2D eigenvalue weighted by molar-refractivity contribution is 6.00. The van der Waals surface area contributed by atoms with Crippen molar-refractivity contribution in [3.8, 4) is 5.69 Å². The maximum atomic E-state index is 12.8. The highest BCUT2D eigenvalue weighted by atomic mass is 16.2. The fraction of sp³-hybridized carbons (Fsp3) is 0.0435. The molecule has 1 N–H and O–H groups in total. The molecule has 0 radical (unpaired) electrons. The standard InChI is InChI=1S/C23H19N5O2/c1-3-20(29)27(2)18-10-7-11-19(14-18)28-21(30)13-12-16-15-24-23(26-22(16)28)25-17-8-5-4-6-9-17/h3-15H,1H2,2H3,(H,24,25,26). The smallest absolute Gasteiger partial charge is 0.256 e. The Hall–Kier alpha value is -4.26. The highest BCUT2D eigenvalue weighted by Gasteiger charge is 2.12. The van der Waals surface area contributed by atoms with Crippen molar-refractivity contribution in [2.24, 2.45) is 0 Å². The molecule has 0 saturated carbocycles. The van der Waals surface area contributed by atoms with Crippen LogP contribution in [0, 0.1) is 0 Å². The summed E-state index contributed by atoms with van der Waals surface area (Å²) in [6.07, 6.45) is 2.91. The van der Waals surface area contributed by atoms with Crippen molar-refractivity contribution in [1.29, 1.82) is 0 Å². The van der Waals surface area contributed by atoms with Gasteiger partial charge in [0.05, 0.1) is 5.69 Å². The third-order valence-corrected chi connectivity index (χ3v) is 4.64. The van der Waals surface area contributed by atoms with Crippen LogP contribution in [-0.2, 0) is 4.79 Å². The molecule has 0 aliphatic carbocycles. The average molecular weight is 397 g/mol. The van der Waals surface area contributed by atoms with Gasteiger partial charge in [-0.05, 0) is 42.5 Å². The zero-order valence-electron chi connectivity index (χ0n) is 16.3. The zero-order chi connectivity index (χ0) is 21.1. The van der Waals surface area contributed by atoms with Gasteiger partial charge in [-0.1, -0.05) is 30.8 Å². The Morgan fingerprint density at radius 1 is 1.10 bits per heavy atom. The number of benzene rings is 2. The summed E-state index contributed by atoms with van der Waals surface area (Å²) in [4.78, 5) is 35.1. The number of anilines is 3. The summed E-state index contributed by atoms with van der Waals surface area (Å²) in [7, 11) is 1.65. The molecule has 0 spiro atoms. The molecule has 7 nitrogen and oxygen atoms in total. The molecule has 2 aromatic carbocycles.